The normalized spacial score (nSPS) is 11.2. The molecule has 0 bridgehead atoms. The predicted molar refractivity (Wildman–Crippen MR) is 79.8 cm³/mol. The second kappa shape index (κ2) is 5.16. The summed E-state index contributed by atoms with van der Waals surface area (Å²) in [4.78, 5) is 4.44. The predicted octanol–water partition coefficient (Wildman–Crippen LogP) is 3.97. The Bertz CT molecular complexity index is 809. The van der Waals surface area contributed by atoms with Crippen LogP contribution in [0.3, 0.4) is 0 Å². The van der Waals surface area contributed by atoms with E-state index in [0.717, 1.165) is 11.9 Å². The van der Waals surface area contributed by atoms with Crippen molar-refractivity contribution in [2.75, 3.05) is 5.73 Å². The summed E-state index contributed by atoms with van der Waals surface area (Å²) in [6.07, 6.45) is 0.880. The molecule has 3 rings (SSSR count). The summed E-state index contributed by atoms with van der Waals surface area (Å²) in [6, 6.07) is 9.09. The van der Waals surface area contributed by atoms with Crippen molar-refractivity contribution in [1.82, 2.24) is 9.55 Å². The number of anilines is 1. The molecule has 0 amide bonds. The summed E-state index contributed by atoms with van der Waals surface area (Å²) in [5, 5.41) is 0. The van der Waals surface area contributed by atoms with Gasteiger partial charge >= 0.3 is 0 Å². The topological polar surface area (TPSA) is 43.8 Å². The van der Waals surface area contributed by atoms with E-state index in [4.69, 9.17) is 5.73 Å². The van der Waals surface area contributed by atoms with Crippen LogP contribution in [-0.2, 0) is 6.54 Å². The highest BCUT2D eigenvalue weighted by molar-refractivity contribution is 5.83. The van der Waals surface area contributed by atoms with Gasteiger partial charge in [-0.05, 0) is 30.7 Å². The number of nitrogen functional groups attached to an aromatic ring is 1. The van der Waals surface area contributed by atoms with Crippen molar-refractivity contribution in [3.05, 3.63) is 48.0 Å². The lowest BCUT2D eigenvalue weighted by Crippen LogP contribution is -2.02. The summed E-state index contributed by atoms with van der Waals surface area (Å²) in [6.45, 7) is 2.74. The zero-order chi connectivity index (χ0) is 15.0. The second-order valence-electron chi connectivity index (χ2n) is 4.92. The Morgan fingerprint density at radius 1 is 1.19 bits per heavy atom. The smallest absolute Gasteiger partial charge is 0.146 e. The summed E-state index contributed by atoms with van der Waals surface area (Å²) in [7, 11) is 0. The number of benzene rings is 2. The molecule has 0 saturated carbocycles. The first-order valence-corrected chi connectivity index (χ1v) is 6.82. The maximum absolute atomic E-state index is 13.7. The quantitative estimate of drug-likeness (QED) is 0.741. The molecule has 0 unspecified atom stereocenters. The zero-order valence-corrected chi connectivity index (χ0v) is 11.6. The van der Waals surface area contributed by atoms with Gasteiger partial charge in [-0.15, -0.1) is 0 Å². The maximum Gasteiger partial charge on any atom is 0.146 e. The van der Waals surface area contributed by atoms with Gasteiger partial charge in [0.05, 0.1) is 16.7 Å². The summed E-state index contributed by atoms with van der Waals surface area (Å²) < 4.78 is 29.0. The standard InChI is InChI=1S/C16H15F2N3/c1-2-8-21-14-7-6-10(17)9-13(14)20-16(21)11-4-3-5-12(18)15(11)19/h3-7,9H,2,8,19H2,1H3. The van der Waals surface area contributed by atoms with Crippen LogP contribution in [0.5, 0.6) is 0 Å². The third kappa shape index (κ3) is 2.24. The van der Waals surface area contributed by atoms with Crippen LogP contribution in [0.15, 0.2) is 36.4 Å². The van der Waals surface area contributed by atoms with Crippen molar-refractivity contribution < 1.29 is 8.78 Å². The van der Waals surface area contributed by atoms with Crippen LogP contribution in [0, 0.1) is 11.6 Å². The van der Waals surface area contributed by atoms with Gasteiger partial charge in [0.25, 0.3) is 0 Å². The summed E-state index contributed by atoms with van der Waals surface area (Å²) in [5.41, 5.74) is 7.78. The van der Waals surface area contributed by atoms with Crippen LogP contribution in [0.1, 0.15) is 13.3 Å². The monoisotopic (exact) mass is 287 g/mol. The molecule has 2 N–H and O–H groups in total. The van der Waals surface area contributed by atoms with Gasteiger partial charge in [-0.1, -0.05) is 13.0 Å². The van der Waals surface area contributed by atoms with Gasteiger partial charge in [0.1, 0.15) is 17.5 Å². The van der Waals surface area contributed by atoms with Gasteiger partial charge < -0.3 is 10.3 Å². The highest BCUT2D eigenvalue weighted by Gasteiger charge is 2.16. The molecular weight excluding hydrogens is 272 g/mol. The van der Waals surface area contributed by atoms with Crippen LogP contribution in [-0.4, -0.2) is 9.55 Å². The fourth-order valence-electron chi connectivity index (χ4n) is 2.49. The first-order chi connectivity index (χ1) is 10.1. The third-order valence-electron chi connectivity index (χ3n) is 3.45. The fraction of sp³-hybridized carbons (Fsp3) is 0.188. The van der Waals surface area contributed by atoms with E-state index in [1.165, 1.54) is 18.2 Å². The highest BCUT2D eigenvalue weighted by Crippen LogP contribution is 2.30. The molecule has 0 aliphatic rings. The van der Waals surface area contributed by atoms with E-state index >= 15 is 0 Å². The number of imidazole rings is 1. The Morgan fingerprint density at radius 3 is 2.76 bits per heavy atom. The molecule has 1 aromatic heterocycles. The Kier molecular flexibility index (Phi) is 3.33. The molecule has 21 heavy (non-hydrogen) atoms. The highest BCUT2D eigenvalue weighted by atomic mass is 19.1. The molecule has 0 spiro atoms. The molecule has 5 heteroatoms. The first-order valence-electron chi connectivity index (χ1n) is 6.82. The molecule has 2 aromatic carbocycles. The lowest BCUT2D eigenvalue weighted by Gasteiger charge is -2.10. The number of hydrogen-bond acceptors (Lipinski definition) is 2. The summed E-state index contributed by atoms with van der Waals surface area (Å²) in [5.74, 6) is -0.259. The first kappa shape index (κ1) is 13.5. The SMILES string of the molecule is CCCn1c(-c2cccc(F)c2N)nc2cc(F)ccc21. The lowest BCUT2D eigenvalue weighted by molar-refractivity contribution is 0.629. The van der Waals surface area contributed by atoms with Gasteiger partial charge in [0.2, 0.25) is 0 Å². The molecule has 0 saturated heterocycles. The molecule has 0 aliphatic heterocycles. The third-order valence-corrected chi connectivity index (χ3v) is 3.45. The number of aryl methyl sites for hydroxylation is 1. The van der Waals surface area contributed by atoms with Crippen molar-refractivity contribution in [1.29, 1.82) is 0 Å². The molecule has 0 aliphatic carbocycles. The number of para-hydroxylation sites is 1. The van der Waals surface area contributed by atoms with Crippen molar-refractivity contribution in [2.24, 2.45) is 0 Å². The minimum absolute atomic E-state index is 0.0608. The number of fused-ring (bicyclic) bond motifs is 1. The van der Waals surface area contributed by atoms with Crippen molar-refractivity contribution >= 4 is 16.7 Å². The molecule has 0 atom stereocenters. The van der Waals surface area contributed by atoms with E-state index < -0.39 is 5.82 Å². The molecule has 1 heterocycles. The van der Waals surface area contributed by atoms with Gasteiger partial charge in [0, 0.05) is 18.2 Å². The molecular formula is C16H15F2N3. The average molecular weight is 287 g/mol. The molecule has 3 aromatic rings. The molecule has 3 nitrogen and oxygen atoms in total. The maximum atomic E-state index is 13.7. The van der Waals surface area contributed by atoms with Gasteiger partial charge in [-0.25, -0.2) is 13.8 Å². The number of aromatic nitrogens is 2. The zero-order valence-electron chi connectivity index (χ0n) is 11.6. The number of nitrogens with two attached hydrogens (primary N) is 1. The van der Waals surface area contributed by atoms with Gasteiger partial charge in [0.15, 0.2) is 0 Å². The number of hydrogen-bond donors (Lipinski definition) is 1. The average Bonchev–Trinajstić information content (AvgIpc) is 2.80. The molecule has 0 fully saturated rings. The van der Waals surface area contributed by atoms with Crippen LogP contribution in [0.4, 0.5) is 14.5 Å². The Balaban J connectivity index is 2.30. The van der Waals surface area contributed by atoms with Crippen molar-refractivity contribution in [3.63, 3.8) is 0 Å². The summed E-state index contributed by atoms with van der Waals surface area (Å²) >= 11 is 0. The van der Waals surface area contributed by atoms with Gasteiger partial charge in [-0.2, -0.15) is 0 Å². The van der Waals surface area contributed by atoms with E-state index in [0.29, 0.717) is 23.4 Å². The van der Waals surface area contributed by atoms with E-state index in [2.05, 4.69) is 4.98 Å². The minimum atomic E-state index is -0.478. The van der Waals surface area contributed by atoms with Crippen LogP contribution >= 0.6 is 0 Å². The lowest BCUT2D eigenvalue weighted by atomic mass is 10.1. The van der Waals surface area contributed by atoms with Crippen LogP contribution in [0.2, 0.25) is 0 Å². The Morgan fingerprint density at radius 2 is 2.00 bits per heavy atom. The van der Waals surface area contributed by atoms with E-state index in [9.17, 15) is 8.78 Å². The van der Waals surface area contributed by atoms with E-state index in [-0.39, 0.29) is 11.5 Å². The Hall–Kier alpha value is -2.43. The van der Waals surface area contributed by atoms with Crippen molar-refractivity contribution in [2.45, 2.75) is 19.9 Å². The minimum Gasteiger partial charge on any atom is -0.396 e. The van der Waals surface area contributed by atoms with Crippen LogP contribution in [0.25, 0.3) is 22.4 Å². The van der Waals surface area contributed by atoms with Gasteiger partial charge in [-0.3, -0.25) is 0 Å². The number of rotatable bonds is 3. The largest absolute Gasteiger partial charge is 0.396 e. The number of nitrogens with zero attached hydrogens (tertiary/aromatic N) is 2. The van der Waals surface area contributed by atoms with E-state index in [1.54, 1.807) is 18.2 Å². The Labute approximate surface area is 121 Å². The van der Waals surface area contributed by atoms with E-state index in [1.807, 2.05) is 11.5 Å². The number of halogens is 2. The van der Waals surface area contributed by atoms with Crippen LogP contribution < -0.4 is 5.73 Å². The van der Waals surface area contributed by atoms with Crippen molar-refractivity contribution in [3.8, 4) is 11.4 Å². The fourth-order valence-corrected chi connectivity index (χ4v) is 2.49. The second-order valence-corrected chi connectivity index (χ2v) is 4.92. The molecule has 108 valence electrons. The molecule has 0 radical (unpaired) electrons.